The number of likely N-dealkylation sites (tertiary alicyclic amines) is 1. The van der Waals surface area contributed by atoms with E-state index in [2.05, 4.69) is 10.1 Å². The molecule has 1 unspecified atom stereocenters. The monoisotopic (exact) mass is 346 g/mol. The summed E-state index contributed by atoms with van der Waals surface area (Å²) in [6, 6.07) is 5.24. The maximum Gasteiger partial charge on any atom is 0.326 e. The van der Waals surface area contributed by atoms with Gasteiger partial charge in [-0.1, -0.05) is 26.0 Å². The zero-order valence-electron chi connectivity index (χ0n) is 14.0. The number of carbonyl (C=O) groups is 2. The van der Waals surface area contributed by atoms with Crippen LogP contribution in [0.25, 0.3) is 5.69 Å². The number of rotatable bonds is 4. The van der Waals surface area contributed by atoms with Crippen LogP contribution >= 0.6 is 0 Å². The zero-order chi connectivity index (χ0) is 18.1. The number of benzene rings is 1. The second-order valence-corrected chi connectivity index (χ2v) is 6.31. The van der Waals surface area contributed by atoms with Crippen molar-refractivity contribution in [2.45, 2.75) is 38.6 Å². The second kappa shape index (κ2) is 6.62. The molecule has 2 aromatic rings. The molecule has 0 radical (unpaired) electrons. The van der Waals surface area contributed by atoms with Crippen molar-refractivity contribution in [2.75, 3.05) is 6.54 Å². The van der Waals surface area contributed by atoms with Crippen LogP contribution in [0.4, 0.5) is 4.39 Å². The van der Waals surface area contributed by atoms with E-state index in [1.54, 1.807) is 18.2 Å². The van der Waals surface area contributed by atoms with E-state index in [1.165, 1.54) is 15.6 Å². The molecular weight excluding hydrogens is 327 g/mol. The number of aromatic nitrogens is 3. The van der Waals surface area contributed by atoms with Crippen LogP contribution in [0.1, 0.15) is 49.1 Å². The molecule has 7 nitrogen and oxygen atoms in total. The Hall–Kier alpha value is -2.77. The van der Waals surface area contributed by atoms with E-state index in [0.717, 1.165) is 0 Å². The summed E-state index contributed by atoms with van der Waals surface area (Å²) in [4.78, 5) is 29.5. The summed E-state index contributed by atoms with van der Waals surface area (Å²) >= 11 is 0. The number of nitrogens with zero attached hydrogens (tertiary/aromatic N) is 4. The van der Waals surface area contributed by atoms with Crippen molar-refractivity contribution < 1.29 is 19.1 Å². The number of carboxylic acids is 1. The molecular formula is C17H19FN4O3. The van der Waals surface area contributed by atoms with Crippen LogP contribution in [0.2, 0.25) is 0 Å². The van der Waals surface area contributed by atoms with E-state index >= 15 is 0 Å². The SMILES string of the molecule is CC(C)c1nc(C(=O)N2CCCC2C(=O)O)nn1-c1ccccc1F. The smallest absolute Gasteiger partial charge is 0.326 e. The number of hydrogen-bond donors (Lipinski definition) is 1. The standard InChI is InChI=1S/C17H19FN4O3/c1-10(2)15-19-14(16(23)21-9-5-8-13(21)17(24)25)20-22(15)12-7-4-3-6-11(12)18/h3-4,6-7,10,13H,5,8-9H2,1-2H3,(H,24,25). The molecule has 1 aromatic heterocycles. The quantitative estimate of drug-likeness (QED) is 0.917. The minimum Gasteiger partial charge on any atom is -0.480 e. The maximum absolute atomic E-state index is 14.1. The van der Waals surface area contributed by atoms with Crippen molar-refractivity contribution in [3.05, 3.63) is 41.7 Å². The summed E-state index contributed by atoms with van der Waals surface area (Å²) in [5, 5.41) is 13.4. The molecule has 1 atom stereocenters. The van der Waals surface area contributed by atoms with Gasteiger partial charge in [-0.15, -0.1) is 5.10 Å². The van der Waals surface area contributed by atoms with Crippen LogP contribution in [0, 0.1) is 5.82 Å². The number of amides is 1. The molecule has 132 valence electrons. The van der Waals surface area contributed by atoms with E-state index < -0.39 is 23.7 Å². The van der Waals surface area contributed by atoms with Gasteiger partial charge in [0.05, 0.1) is 0 Å². The lowest BCUT2D eigenvalue weighted by atomic mass is 10.2. The van der Waals surface area contributed by atoms with E-state index in [9.17, 15) is 19.1 Å². The van der Waals surface area contributed by atoms with Crippen LogP contribution < -0.4 is 0 Å². The van der Waals surface area contributed by atoms with Gasteiger partial charge in [0, 0.05) is 12.5 Å². The Morgan fingerprint density at radius 1 is 1.32 bits per heavy atom. The first kappa shape index (κ1) is 17.1. The average Bonchev–Trinajstić information content (AvgIpc) is 3.22. The van der Waals surface area contributed by atoms with Gasteiger partial charge in [-0.25, -0.2) is 18.9 Å². The molecule has 0 aliphatic carbocycles. The van der Waals surface area contributed by atoms with Gasteiger partial charge in [0.2, 0.25) is 5.82 Å². The number of halogens is 1. The van der Waals surface area contributed by atoms with Gasteiger partial charge in [-0.3, -0.25) is 4.79 Å². The van der Waals surface area contributed by atoms with Gasteiger partial charge in [0.25, 0.3) is 5.91 Å². The predicted molar refractivity (Wildman–Crippen MR) is 87.1 cm³/mol. The van der Waals surface area contributed by atoms with Crippen molar-refractivity contribution in [3.63, 3.8) is 0 Å². The highest BCUT2D eigenvalue weighted by Gasteiger charge is 2.36. The second-order valence-electron chi connectivity index (χ2n) is 6.31. The minimum atomic E-state index is -1.04. The van der Waals surface area contributed by atoms with E-state index in [1.807, 2.05) is 13.8 Å². The molecule has 1 aliphatic heterocycles. The summed E-state index contributed by atoms with van der Waals surface area (Å²) in [7, 11) is 0. The zero-order valence-corrected chi connectivity index (χ0v) is 14.0. The summed E-state index contributed by atoms with van der Waals surface area (Å²) in [5.74, 6) is -1.81. The van der Waals surface area contributed by atoms with Crippen LogP contribution in [-0.4, -0.2) is 49.2 Å². The molecule has 25 heavy (non-hydrogen) atoms. The molecule has 3 rings (SSSR count). The fraction of sp³-hybridized carbons (Fsp3) is 0.412. The molecule has 1 aliphatic rings. The molecule has 1 amide bonds. The van der Waals surface area contributed by atoms with Gasteiger partial charge in [0.1, 0.15) is 23.4 Å². The highest BCUT2D eigenvalue weighted by atomic mass is 19.1. The van der Waals surface area contributed by atoms with Crippen molar-refractivity contribution in [2.24, 2.45) is 0 Å². The first-order chi connectivity index (χ1) is 11.9. The average molecular weight is 346 g/mol. The molecule has 1 N–H and O–H groups in total. The van der Waals surface area contributed by atoms with Gasteiger partial charge in [-0.05, 0) is 25.0 Å². The van der Waals surface area contributed by atoms with Crippen molar-refractivity contribution >= 4 is 11.9 Å². The van der Waals surface area contributed by atoms with E-state index in [4.69, 9.17) is 0 Å². The lowest BCUT2D eigenvalue weighted by Crippen LogP contribution is -2.40. The third-order valence-corrected chi connectivity index (χ3v) is 4.22. The fourth-order valence-corrected chi connectivity index (χ4v) is 2.98. The largest absolute Gasteiger partial charge is 0.480 e. The van der Waals surface area contributed by atoms with Gasteiger partial charge < -0.3 is 10.0 Å². The molecule has 2 heterocycles. The van der Waals surface area contributed by atoms with Crippen LogP contribution in [0.5, 0.6) is 0 Å². The number of carboxylic acid groups (broad SMARTS) is 1. The Morgan fingerprint density at radius 3 is 2.68 bits per heavy atom. The number of carbonyl (C=O) groups excluding carboxylic acids is 1. The Kier molecular flexibility index (Phi) is 4.52. The summed E-state index contributed by atoms with van der Waals surface area (Å²) in [5.41, 5.74) is 0.203. The summed E-state index contributed by atoms with van der Waals surface area (Å²) in [6.45, 7) is 4.08. The third-order valence-electron chi connectivity index (χ3n) is 4.22. The number of aliphatic carboxylic acids is 1. The summed E-state index contributed by atoms with van der Waals surface area (Å²) < 4.78 is 15.5. The minimum absolute atomic E-state index is 0.0949. The van der Waals surface area contributed by atoms with Crippen LogP contribution in [-0.2, 0) is 4.79 Å². The van der Waals surface area contributed by atoms with Crippen molar-refractivity contribution in [1.29, 1.82) is 0 Å². The molecule has 1 saturated heterocycles. The maximum atomic E-state index is 14.1. The lowest BCUT2D eigenvalue weighted by molar-refractivity contribution is -0.141. The van der Waals surface area contributed by atoms with Gasteiger partial charge in [-0.2, -0.15) is 0 Å². The molecule has 1 aromatic carbocycles. The molecule has 1 fully saturated rings. The number of para-hydroxylation sites is 1. The first-order valence-electron chi connectivity index (χ1n) is 8.15. The number of hydrogen-bond acceptors (Lipinski definition) is 4. The third kappa shape index (κ3) is 3.11. The lowest BCUT2D eigenvalue weighted by Gasteiger charge is -2.19. The molecule has 0 bridgehead atoms. The summed E-state index contributed by atoms with van der Waals surface area (Å²) in [6.07, 6.45) is 1.03. The van der Waals surface area contributed by atoms with E-state index in [0.29, 0.717) is 25.2 Å². The van der Waals surface area contributed by atoms with Gasteiger partial charge in [0.15, 0.2) is 0 Å². The Bertz CT molecular complexity index is 818. The van der Waals surface area contributed by atoms with Crippen LogP contribution in [0.3, 0.4) is 0 Å². The molecule has 8 heteroatoms. The highest BCUT2D eigenvalue weighted by molar-refractivity contribution is 5.94. The van der Waals surface area contributed by atoms with Gasteiger partial charge >= 0.3 is 5.97 Å². The Balaban J connectivity index is 2.01. The van der Waals surface area contributed by atoms with Crippen molar-refractivity contribution in [3.8, 4) is 5.69 Å². The first-order valence-corrected chi connectivity index (χ1v) is 8.15. The van der Waals surface area contributed by atoms with E-state index in [-0.39, 0.29) is 17.4 Å². The van der Waals surface area contributed by atoms with Crippen LogP contribution in [0.15, 0.2) is 24.3 Å². The normalized spacial score (nSPS) is 17.3. The highest BCUT2D eigenvalue weighted by Crippen LogP contribution is 2.23. The molecule has 0 spiro atoms. The topological polar surface area (TPSA) is 88.3 Å². The molecule has 0 saturated carbocycles. The predicted octanol–water partition coefficient (Wildman–Crippen LogP) is 2.22. The Morgan fingerprint density at radius 2 is 2.04 bits per heavy atom. The fourth-order valence-electron chi connectivity index (χ4n) is 2.98. The Labute approximate surface area is 144 Å². The van der Waals surface area contributed by atoms with Crippen molar-refractivity contribution in [1.82, 2.24) is 19.7 Å².